The van der Waals surface area contributed by atoms with Gasteiger partial charge < -0.3 is 11.1 Å². The molecule has 17 heavy (non-hydrogen) atoms. The van der Waals surface area contributed by atoms with Crippen molar-refractivity contribution in [3.63, 3.8) is 0 Å². The zero-order valence-electron chi connectivity index (χ0n) is 9.73. The highest BCUT2D eigenvalue weighted by molar-refractivity contribution is 7.80. The van der Waals surface area contributed by atoms with Crippen LogP contribution in [0.25, 0.3) is 0 Å². The molecule has 0 saturated heterocycles. The maximum Gasteiger partial charge on any atom is 0.233 e. The van der Waals surface area contributed by atoms with E-state index >= 15 is 0 Å². The molecule has 1 aliphatic carbocycles. The van der Waals surface area contributed by atoms with Crippen molar-refractivity contribution in [2.45, 2.75) is 32.2 Å². The normalized spacial score (nSPS) is 19.1. The van der Waals surface area contributed by atoms with Crippen molar-refractivity contribution in [2.75, 3.05) is 0 Å². The number of thiocarbonyl (C=S) groups is 1. The molecule has 1 aromatic heterocycles. The second-order valence-corrected chi connectivity index (χ2v) is 5.77. The van der Waals surface area contributed by atoms with Gasteiger partial charge in [-0.25, -0.2) is 0 Å². The highest BCUT2D eigenvalue weighted by atomic mass is 32.1. The van der Waals surface area contributed by atoms with Crippen molar-refractivity contribution in [2.24, 2.45) is 11.1 Å². The lowest BCUT2D eigenvalue weighted by Crippen LogP contribution is -2.53. The lowest BCUT2D eigenvalue weighted by Gasteiger charge is -2.39. The van der Waals surface area contributed by atoms with Crippen LogP contribution in [0.1, 0.15) is 37.8 Å². The van der Waals surface area contributed by atoms with Crippen LogP contribution in [0.3, 0.4) is 0 Å². The minimum Gasteiger partial charge on any atom is -0.392 e. The summed E-state index contributed by atoms with van der Waals surface area (Å²) >= 11 is 6.66. The van der Waals surface area contributed by atoms with E-state index in [2.05, 4.69) is 5.32 Å². The van der Waals surface area contributed by atoms with Crippen LogP contribution in [0.4, 0.5) is 0 Å². The molecule has 3 N–H and O–H groups in total. The molecule has 0 aromatic carbocycles. The van der Waals surface area contributed by atoms with Crippen LogP contribution in [0, 0.1) is 5.41 Å². The summed E-state index contributed by atoms with van der Waals surface area (Å²) in [5.74, 6) is -0.0186. The van der Waals surface area contributed by atoms with Gasteiger partial charge in [-0.05, 0) is 42.2 Å². The van der Waals surface area contributed by atoms with E-state index in [1.165, 1.54) is 0 Å². The monoisotopic (exact) mass is 268 g/mol. The Morgan fingerprint density at radius 1 is 1.65 bits per heavy atom. The Balaban J connectivity index is 2.04. The number of hydrogen-bond acceptors (Lipinski definition) is 3. The number of nitrogens with one attached hydrogen (secondary N) is 1. The minimum absolute atomic E-state index is 0.0144. The van der Waals surface area contributed by atoms with Crippen molar-refractivity contribution in [3.05, 3.63) is 22.4 Å². The van der Waals surface area contributed by atoms with Gasteiger partial charge in [0.05, 0.1) is 16.4 Å². The zero-order valence-corrected chi connectivity index (χ0v) is 11.4. The Labute approximate surface area is 110 Å². The Bertz CT molecular complexity index is 424. The van der Waals surface area contributed by atoms with Crippen LogP contribution in [-0.4, -0.2) is 10.9 Å². The number of hydrogen-bond donors (Lipinski definition) is 2. The summed E-state index contributed by atoms with van der Waals surface area (Å²) < 4.78 is 0. The lowest BCUT2D eigenvalue weighted by atomic mass is 9.68. The first-order valence-corrected chi connectivity index (χ1v) is 7.04. The SMILES string of the molecule is CC(NC(=O)C1(C(N)=S)CCC1)c1ccsc1. The molecule has 1 aliphatic rings. The standard InChI is InChI=1S/C12H16N2OS2/c1-8(9-3-6-17-7-9)14-11(15)12(10(13)16)4-2-5-12/h3,6-8H,2,4-5H2,1H3,(H2,13,16)(H,14,15). The third-order valence-corrected chi connectivity index (χ3v) is 4.60. The molecule has 1 heterocycles. The van der Waals surface area contributed by atoms with E-state index in [0.717, 1.165) is 24.8 Å². The van der Waals surface area contributed by atoms with E-state index in [0.29, 0.717) is 4.99 Å². The van der Waals surface area contributed by atoms with Gasteiger partial charge in [0.25, 0.3) is 0 Å². The van der Waals surface area contributed by atoms with Crippen LogP contribution in [-0.2, 0) is 4.79 Å². The van der Waals surface area contributed by atoms with E-state index in [1.54, 1.807) is 11.3 Å². The fraction of sp³-hybridized carbons (Fsp3) is 0.500. The molecule has 1 fully saturated rings. The predicted molar refractivity (Wildman–Crippen MR) is 73.9 cm³/mol. The molecule has 1 atom stereocenters. The van der Waals surface area contributed by atoms with Gasteiger partial charge >= 0.3 is 0 Å². The second-order valence-electron chi connectivity index (χ2n) is 4.55. The van der Waals surface area contributed by atoms with Gasteiger partial charge in [0, 0.05) is 0 Å². The van der Waals surface area contributed by atoms with Crippen molar-refractivity contribution in [3.8, 4) is 0 Å². The molecule has 0 bridgehead atoms. The van der Waals surface area contributed by atoms with Gasteiger partial charge in [-0.2, -0.15) is 11.3 Å². The topological polar surface area (TPSA) is 55.1 Å². The number of nitrogens with two attached hydrogens (primary N) is 1. The molecular weight excluding hydrogens is 252 g/mol. The van der Waals surface area contributed by atoms with E-state index in [1.807, 2.05) is 23.8 Å². The average molecular weight is 268 g/mol. The quantitative estimate of drug-likeness (QED) is 0.824. The van der Waals surface area contributed by atoms with Gasteiger partial charge in [0.1, 0.15) is 0 Å². The molecule has 1 saturated carbocycles. The summed E-state index contributed by atoms with van der Waals surface area (Å²) in [5, 5.41) is 7.05. The fourth-order valence-electron chi connectivity index (χ4n) is 2.06. The van der Waals surface area contributed by atoms with E-state index in [4.69, 9.17) is 18.0 Å². The van der Waals surface area contributed by atoms with Crippen molar-refractivity contribution in [1.29, 1.82) is 0 Å². The molecular formula is C12H16N2OS2. The Morgan fingerprint density at radius 2 is 2.35 bits per heavy atom. The molecule has 92 valence electrons. The predicted octanol–water partition coefficient (Wildman–Crippen LogP) is 2.38. The van der Waals surface area contributed by atoms with E-state index in [-0.39, 0.29) is 11.9 Å². The largest absolute Gasteiger partial charge is 0.392 e. The van der Waals surface area contributed by atoms with Crippen LogP contribution in [0.15, 0.2) is 16.8 Å². The molecule has 1 aromatic rings. The number of thiophene rings is 1. The summed E-state index contributed by atoms with van der Waals surface area (Å²) in [7, 11) is 0. The highest BCUT2D eigenvalue weighted by Gasteiger charge is 2.47. The molecule has 1 amide bonds. The molecule has 5 heteroatoms. The molecule has 3 nitrogen and oxygen atoms in total. The summed E-state index contributed by atoms with van der Waals surface area (Å²) in [6, 6.07) is 2.03. The van der Waals surface area contributed by atoms with E-state index < -0.39 is 5.41 Å². The number of amides is 1. The second kappa shape index (κ2) is 4.74. The molecule has 2 rings (SSSR count). The number of carbonyl (C=O) groups is 1. The highest BCUT2D eigenvalue weighted by Crippen LogP contribution is 2.41. The third kappa shape index (κ3) is 2.21. The van der Waals surface area contributed by atoms with Crippen LogP contribution in [0.5, 0.6) is 0 Å². The first-order chi connectivity index (χ1) is 8.06. The minimum atomic E-state index is -0.584. The Hall–Kier alpha value is -0.940. The summed E-state index contributed by atoms with van der Waals surface area (Å²) in [6.45, 7) is 1.98. The maximum absolute atomic E-state index is 12.2. The maximum atomic E-state index is 12.2. The molecule has 0 radical (unpaired) electrons. The van der Waals surface area contributed by atoms with Gasteiger partial charge in [-0.15, -0.1) is 0 Å². The fourth-order valence-corrected chi connectivity index (χ4v) is 3.11. The average Bonchev–Trinajstić information content (AvgIpc) is 2.66. The van der Waals surface area contributed by atoms with Crippen LogP contribution in [0.2, 0.25) is 0 Å². The van der Waals surface area contributed by atoms with Gasteiger partial charge in [-0.1, -0.05) is 18.6 Å². The molecule has 1 unspecified atom stereocenters. The molecule has 0 aliphatic heterocycles. The van der Waals surface area contributed by atoms with Crippen LogP contribution < -0.4 is 11.1 Å². The molecule has 0 spiro atoms. The smallest absolute Gasteiger partial charge is 0.233 e. The number of rotatable bonds is 4. The van der Waals surface area contributed by atoms with Gasteiger partial charge in [-0.3, -0.25) is 4.79 Å². The summed E-state index contributed by atoms with van der Waals surface area (Å²) in [4.78, 5) is 12.6. The number of carbonyl (C=O) groups excluding carboxylic acids is 1. The summed E-state index contributed by atoms with van der Waals surface area (Å²) in [5.41, 5.74) is 6.24. The third-order valence-electron chi connectivity index (χ3n) is 3.50. The van der Waals surface area contributed by atoms with Gasteiger partial charge in [0.15, 0.2) is 0 Å². The Kier molecular flexibility index (Phi) is 3.49. The van der Waals surface area contributed by atoms with Crippen molar-refractivity contribution < 1.29 is 4.79 Å². The van der Waals surface area contributed by atoms with Crippen molar-refractivity contribution in [1.82, 2.24) is 5.32 Å². The Morgan fingerprint density at radius 3 is 2.76 bits per heavy atom. The zero-order chi connectivity index (χ0) is 12.5. The lowest BCUT2D eigenvalue weighted by molar-refractivity contribution is -0.131. The first-order valence-electron chi connectivity index (χ1n) is 5.69. The summed E-state index contributed by atoms with van der Waals surface area (Å²) in [6.07, 6.45) is 2.59. The van der Waals surface area contributed by atoms with E-state index in [9.17, 15) is 4.79 Å². The van der Waals surface area contributed by atoms with Crippen molar-refractivity contribution >= 4 is 34.5 Å². The first kappa shape index (κ1) is 12.5. The van der Waals surface area contributed by atoms with Gasteiger partial charge in [0.2, 0.25) is 5.91 Å². The van der Waals surface area contributed by atoms with Crippen LogP contribution >= 0.6 is 23.6 Å².